The van der Waals surface area contributed by atoms with Gasteiger partial charge in [-0.2, -0.15) is 5.26 Å². The number of rotatable bonds is 2. The molecule has 1 aliphatic rings. The van der Waals surface area contributed by atoms with E-state index in [0.717, 1.165) is 21.1 Å². The van der Waals surface area contributed by atoms with Gasteiger partial charge in [0.1, 0.15) is 16.0 Å². The van der Waals surface area contributed by atoms with Crippen molar-refractivity contribution in [2.75, 3.05) is 0 Å². The lowest BCUT2D eigenvalue weighted by atomic mass is 10.2. The van der Waals surface area contributed by atoms with Crippen LogP contribution in [0.2, 0.25) is 0 Å². The summed E-state index contributed by atoms with van der Waals surface area (Å²) in [7, 11) is 0. The average Bonchev–Trinajstić information content (AvgIpc) is 3.10. The zero-order valence-corrected chi connectivity index (χ0v) is 9.37. The molecule has 0 N–H and O–H groups in total. The third-order valence-electron chi connectivity index (χ3n) is 2.65. The van der Waals surface area contributed by atoms with E-state index in [4.69, 9.17) is 5.26 Å². The normalized spacial score (nSPS) is 14.7. The fraction of sp³-hybridized carbons (Fsp3) is 0.250. The van der Waals surface area contributed by atoms with Crippen LogP contribution in [0.1, 0.15) is 29.3 Å². The molecule has 0 atom stereocenters. The highest BCUT2D eigenvalue weighted by molar-refractivity contribution is 7.15. The van der Waals surface area contributed by atoms with Gasteiger partial charge in [-0.25, -0.2) is 4.98 Å². The molecule has 0 spiro atoms. The van der Waals surface area contributed by atoms with Gasteiger partial charge in [-0.3, -0.25) is 4.98 Å². The first-order valence-electron chi connectivity index (χ1n) is 5.19. The standard InChI is InChI=1S/C12H9N3S/c13-7-10-11(8-1-2-8)15-12(16-10)9-3-5-14-6-4-9/h3-6,8H,1-2H2. The maximum Gasteiger partial charge on any atom is 0.128 e. The van der Waals surface area contributed by atoms with Crippen LogP contribution < -0.4 is 0 Å². The smallest absolute Gasteiger partial charge is 0.128 e. The molecule has 78 valence electrons. The van der Waals surface area contributed by atoms with Gasteiger partial charge < -0.3 is 0 Å². The molecule has 0 aliphatic heterocycles. The van der Waals surface area contributed by atoms with E-state index < -0.39 is 0 Å². The molecule has 0 aromatic carbocycles. The second kappa shape index (κ2) is 3.69. The van der Waals surface area contributed by atoms with Crippen molar-refractivity contribution in [2.24, 2.45) is 0 Å². The summed E-state index contributed by atoms with van der Waals surface area (Å²) < 4.78 is 0. The van der Waals surface area contributed by atoms with Gasteiger partial charge >= 0.3 is 0 Å². The lowest BCUT2D eigenvalue weighted by molar-refractivity contribution is 1.04. The van der Waals surface area contributed by atoms with E-state index in [-0.39, 0.29) is 0 Å². The lowest BCUT2D eigenvalue weighted by Crippen LogP contribution is -1.83. The molecule has 1 saturated carbocycles. The molecule has 2 aromatic rings. The van der Waals surface area contributed by atoms with Crippen molar-refractivity contribution in [3.63, 3.8) is 0 Å². The monoisotopic (exact) mass is 227 g/mol. The highest BCUT2D eigenvalue weighted by Crippen LogP contribution is 2.43. The number of aromatic nitrogens is 2. The number of hydrogen-bond donors (Lipinski definition) is 0. The van der Waals surface area contributed by atoms with E-state index in [1.807, 2.05) is 12.1 Å². The van der Waals surface area contributed by atoms with Crippen molar-refractivity contribution >= 4 is 11.3 Å². The van der Waals surface area contributed by atoms with Gasteiger partial charge in [0.2, 0.25) is 0 Å². The molecule has 0 radical (unpaired) electrons. The third-order valence-corrected chi connectivity index (χ3v) is 3.67. The Morgan fingerprint density at radius 2 is 2.06 bits per heavy atom. The third kappa shape index (κ3) is 1.59. The van der Waals surface area contributed by atoms with Crippen LogP contribution in [-0.4, -0.2) is 9.97 Å². The number of thiazole rings is 1. The highest BCUT2D eigenvalue weighted by Gasteiger charge is 2.29. The van der Waals surface area contributed by atoms with Gasteiger partial charge in [-0.05, 0) is 25.0 Å². The van der Waals surface area contributed by atoms with Crippen LogP contribution in [0.15, 0.2) is 24.5 Å². The van der Waals surface area contributed by atoms with E-state index >= 15 is 0 Å². The number of hydrogen-bond acceptors (Lipinski definition) is 4. The SMILES string of the molecule is N#Cc1sc(-c2ccncc2)nc1C1CC1. The minimum atomic E-state index is 0.529. The molecule has 2 aromatic heterocycles. The van der Waals surface area contributed by atoms with E-state index in [1.165, 1.54) is 24.2 Å². The van der Waals surface area contributed by atoms with E-state index in [9.17, 15) is 0 Å². The molecular weight excluding hydrogens is 218 g/mol. The minimum Gasteiger partial charge on any atom is -0.265 e. The summed E-state index contributed by atoms with van der Waals surface area (Å²) in [5.74, 6) is 0.529. The van der Waals surface area contributed by atoms with Crippen LogP contribution in [-0.2, 0) is 0 Å². The Balaban J connectivity index is 2.06. The average molecular weight is 227 g/mol. The lowest BCUT2D eigenvalue weighted by Gasteiger charge is -1.92. The Kier molecular flexibility index (Phi) is 2.19. The Labute approximate surface area is 97.4 Å². The molecule has 16 heavy (non-hydrogen) atoms. The molecule has 3 rings (SSSR count). The zero-order chi connectivity index (χ0) is 11.0. The Bertz CT molecular complexity index is 549. The predicted octanol–water partition coefficient (Wildman–Crippen LogP) is 2.95. The maximum absolute atomic E-state index is 9.06. The second-order valence-corrected chi connectivity index (χ2v) is 4.85. The Morgan fingerprint density at radius 1 is 1.31 bits per heavy atom. The summed E-state index contributed by atoms with van der Waals surface area (Å²) >= 11 is 1.48. The molecule has 1 fully saturated rings. The fourth-order valence-corrected chi connectivity index (χ4v) is 2.62. The highest BCUT2D eigenvalue weighted by atomic mass is 32.1. The molecule has 1 aliphatic carbocycles. The molecule has 0 unspecified atom stereocenters. The quantitative estimate of drug-likeness (QED) is 0.792. The zero-order valence-electron chi connectivity index (χ0n) is 8.55. The van der Waals surface area contributed by atoms with Crippen LogP contribution in [0, 0.1) is 11.3 Å². The van der Waals surface area contributed by atoms with Gasteiger partial charge in [-0.1, -0.05) is 0 Å². The fourth-order valence-electron chi connectivity index (χ4n) is 1.66. The van der Waals surface area contributed by atoms with Crippen molar-refractivity contribution in [3.05, 3.63) is 35.1 Å². The van der Waals surface area contributed by atoms with E-state index in [2.05, 4.69) is 16.0 Å². The second-order valence-electron chi connectivity index (χ2n) is 3.86. The van der Waals surface area contributed by atoms with Gasteiger partial charge in [0.25, 0.3) is 0 Å². The Morgan fingerprint density at radius 3 is 2.69 bits per heavy atom. The molecule has 0 bridgehead atoms. The van der Waals surface area contributed by atoms with Crippen molar-refractivity contribution in [3.8, 4) is 16.6 Å². The molecular formula is C12H9N3S. The number of nitrogens with zero attached hydrogens (tertiary/aromatic N) is 3. The summed E-state index contributed by atoms with van der Waals surface area (Å²) in [5.41, 5.74) is 2.04. The molecule has 2 heterocycles. The number of nitriles is 1. The van der Waals surface area contributed by atoms with Gasteiger partial charge in [0.15, 0.2) is 0 Å². The topological polar surface area (TPSA) is 49.6 Å². The van der Waals surface area contributed by atoms with Crippen LogP contribution >= 0.6 is 11.3 Å². The van der Waals surface area contributed by atoms with Crippen molar-refractivity contribution in [1.29, 1.82) is 5.26 Å². The summed E-state index contributed by atoms with van der Waals surface area (Å²) in [6.07, 6.45) is 5.85. The molecule has 0 amide bonds. The van der Waals surface area contributed by atoms with E-state index in [0.29, 0.717) is 5.92 Å². The van der Waals surface area contributed by atoms with Gasteiger partial charge in [0.05, 0.1) is 5.69 Å². The van der Waals surface area contributed by atoms with Crippen molar-refractivity contribution in [2.45, 2.75) is 18.8 Å². The summed E-state index contributed by atoms with van der Waals surface area (Å²) in [6, 6.07) is 6.10. The van der Waals surface area contributed by atoms with Crippen molar-refractivity contribution in [1.82, 2.24) is 9.97 Å². The first kappa shape index (κ1) is 9.49. The van der Waals surface area contributed by atoms with Crippen LogP contribution in [0.4, 0.5) is 0 Å². The molecule has 4 heteroatoms. The summed E-state index contributed by atoms with van der Waals surface area (Å²) in [6.45, 7) is 0. The largest absolute Gasteiger partial charge is 0.265 e. The van der Waals surface area contributed by atoms with Crippen LogP contribution in [0.5, 0.6) is 0 Å². The minimum absolute atomic E-state index is 0.529. The predicted molar refractivity (Wildman–Crippen MR) is 62.0 cm³/mol. The first-order chi connectivity index (χ1) is 7.88. The van der Waals surface area contributed by atoms with Gasteiger partial charge in [-0.15, -0.1) is 11.3 Å². The summed E-state index contributed by atoms with van der Waals surface area (Å²) in [5, 5.41) is 9.99. The summed E-state index contributed by atoms with van der Waals surface area (Å²) in [4.78, 5) is 9.33. The van der Waals surface area contributed by atoms with Crippen LogP contribution in [0.3, 0.4) is 0 Å². The van der Waals surface area contributed by atoms with Crippen molar-refractivity contribution < 1.29 is 0 Å². The Hall–Kier alpha value is -1.73. The molecule has 0 saturated heterocycles. The first-order valence-corrected chi connectivity index (χ1v) is 6.01. The van der Waals surface area contributed by atoms with Gasteiger partial charge in [0, 0.05) is 23.9 Å². The maximum atomic E-state index is 9.06. The number of pyridine rings is 1. The molecule has 3 nitrogen and oxygen atoms in total. The van der Waals surface area contributed by atoms with E-state index in [1.54, 1.807) is 12.4 Å². The van der Waals surface area contributed by atoms with Crippen LogP contribution in [0.25, 0.3) is 10.6 Å².